The molecule has 5 atom stereocenters. The van der Waals surface area contributed by atoms with Gasteiger partial charge in [0.2, 0.25) is 0 Å². The molecule has 0 unspecified atom stereocenters. The molecular weight excluding hydrogens is 539 g/mol. The van der Waals surface area contributed by atoms with Crippen LogP contribution in [0.2, 0.25) is 0 Å². The Balaban J connectivity index is 1.36. The third kappa shape index (κ3) is 5.29. The van der Waals surface area contributed by atoms with E-state index in [0.717, 1.165) is 12.1 Å². The van der Waals surface area contributed by atoms with Gasteiger partial charge in [-0.2, -0.15) is 0 Å². The second-order valence-electron chi connectivity index (χ2n) is 9.85. The van der Waals surface area contributed by atoms with E-state index in [1.807, 2.05) is 0 Å². The Morgan fingerprint density at radius 3 is 2.60 bits per heavy atom. The van der Waals surface area contributed by atoms with E-state index >= 15 is 0 Å². The first-order chi connectivity index (χ1) is 19.2. The molecule has 0 aliphatic carbocycles. The topological polar surface area (TPSA) is 156 Å². The van der Waals surface area contributed by atoms with Gasteiger partial charge in [0.05, 0.1) is 24.6 Å². The molecule has 3 aromatic rings. The molecule has 1 amide bonds. The van der Waals surface area contributed by atoms with Crippen LogP contribution in [-0.2, 0) is 15.9 Å². The lowest BCUT2D eigenvalue weighted by Gasteiger charge is -2.43. The monoisotopic (exact) mass is 567 g/mol. The van der Waals surface area contributed by atoms with Crippen molar-refractivity contribution < 1.29 is 47.3 Å². The summed E-state index contributed by atoms with van der Waals surface area (Å²) in [5, 5.41) is 42.1. The van der Waals surface area contributed by atoms with E-state index in [9.17, 15) is 28.2 Å². The van der Waals surface area contributed by atoms with Crippen molar-refractivity contribution in [2.24, 2.45) is 0 Å². The second kappa shape index (κ2) is 11.5. The van der Waals surface area contributed by atoms with E-state index < -0.39 is 60.6 Å². The van der Waals surface area contributed by atoms with Gasteiger partial charge in [0.15, 0.2) is 17.5 Å². The van der Waals surface area contributed by atoms with Crippen LogP contribution in [0, 0.1) is 17.5 Å². The first kappa shape index (κ1) is 28.0. The molecule has 1 aromatic carbocycles. The molecule has 15 heteroatoms. The van der Waals surface area contributed by atoms with Crippen LogP contribution in [0.15, 0.2) is 28.9 Å². The minimum atomic E-state index is -1.65. The molecule has 2 aliphatic rings. The minimum absolute atomic E-state index is 0.00682. The number of likely N-dealkylation sites (tertiary alicyclic amines) is 1. The van der Waals surface area contributed by atoms with Crippen LogP contribution in [0.5, 0.6) is 0 Å². The summed E-state index contributed by atoms with van der Waals surface area (Å²) >= 11 is 0. The quantitative estimate of drug-likeness (QED) is 0.362. The molecule has 2 aliphatic heterocycles. The number of aliphatic hydroxyl groups is 2. The Morgan fingerprint density at radius 2 is 1.93 bits per heavy atom. The molecule has 3 N–H and O–H groups in total. The average molecular weight is 568 g/mol. The summed E-state index contributed by atoms with van der Waals surface area (Å²) in [6.07, 6.45) is -2.27. The van der Waals surface area contributed by atoms with Gasteiger partial charge in [-0.05, 0) is 25.0 Å². The summed E-state index contributed by atoms with van der Waals surface area (Å²) in [5.74, 6) is -3.79. The number of ether oxygens (including phenoxy) is 2. The highest BCUT2D eigenvalue weighted by atomic mass is 19.2. The maximum atomic E-state index is 14.4. The van der Waals surface area contributed by atoms with Gasteiger partial charge in [0.1, 0.15) is 35.8 Å². The van der Waals surface area contributed by atoms with Crippen molar-refractivity contribution >= 4 is 6.09 Å². The summed E-state index contributed by atoms with van der Waals surface area (Å²) in [6.45, 7) is 0.245. The first-order valence-electron chi connectivity index (χ1n) is 12.7. The number of rotatable bonds is 7. The lowest BCUT2D eigenvalue weighted by Crippen LogP contribution is -2.57. The molecule has 12 nitrogen and oxygen atoms in total. The predicted octanol–water partition coefficient (Wildman–Crippen LogP) is 2.13. The highest BCUT2D eigenvalue weighted by Gasteiger charge is 2.47. The van der Waals surface area contributed by atoms with Gasteiger partial charge in [0, 0.05) is 44.2 Å². The van der Waals surface area contributed by atoms with E-state index in [4.69, 9.17) is 19.1 Å². The Kier molecular flexibility index (Phi) is 8.07. The molecule has 216 valence electrons. The van der Waals surface area contributed by atoms with Gasteiger partial charge in [-0.15, -0.1) is 5.10 Å². The van der Waals surface area contributed by atoms with Gasteiger partial charge in [0.25, 0.3) is 0 Å². The zero-order valence-electron chi connectivity index (χ0n) is 21.4. The van der Waals surface area contributed by atoms with Crippen LogP contribution in [0.3, 0.4) is 0 Å². The third-order valence-corrected chi connectivity index (χ3v) is 7.52. The molecule has 40 heavy (non-hydrogen) atoms. The smallest absolute Gasteiger partial charge is 0.407 e. The number of piperidine rings is 1. The molecule has 4 heterocycles. The van der Waals surface area contributed by atoms with Crippen LogP contribution in [-0.4, -0.2) is 97.7 Å². The van der Waals surface area contributed by atoms with Crippen LogP contribution in [0.25, 0.3) is 11.3 Å². The van der Waals surface area contributed by atoms with Gasteiger partial charge in [-0.3, -0.25) is 0 Å². The Hall–Kier alpha value is -3.53. The van der Waals surface area contributed by atoms with Gasteiger partial charge in [-0.25, -0.2) is 22.6 Å². The number of benzene rings is 1. The summed E-state index contributed by atoms with van der Waals surface area (Å²) in [6, 6.07) is 2.61. The number of amides is 1. The summed E-state index contributed by atoms with van der Waals surface area (Å²) in [4.78, 5) is 12.5. The maximum Gasteiger partial charge on any atom is 0.407 e. The average Bonchev–Trinajstić information content (AvgIpc) is 3.62. The van der Waals surface area contributed by atoms with Crippen LogP contribution in [0.4, 0.5) is 18.0 Å². The maximum absolute atomic E-state index is 14.4. The highest BCUT2D eigenvalue weighted by molar-refractivity contribution is 5.65. The molecule has 2 fully saturated rings. The number of nitrogens with zero attached hydrogens (tertiary/aromatic N) is 5. The number of hydrogen-bond donors (Lipinski definition) is 3. The fourth-order valence-corrected chi connectivity index (χ4v) is 5.38. The second-order valence-corrected chi connectivity index (χ2v) is 9.85. The van der Waals surface area contributed by atoms with Crippen molar-refractivity contribution in [1.29, 1.82) is 0 Å². The lowest BCUT2D eigenvalue weighted by molar-refractivity contribution is -0.212. The summed E-state index contributed by atoms with van der Waals surface area (Å²) < 4.78 is 60.0. The van der Waals surface area contributed by atoms with Crippen molar-refractivity contribution in [1.82, 2.24) is 25.1 Å². The van der Waals surface area contributed by atoms with Gasteiger partial charge < -0.3 is 34.2 Å². The molecule has 5 rings (SSSR count). The molecule has 0 bridgehead atoms. The fraction of sp³-hybridized carbons (Fsp3) is 0.520. The van der Waals surface area contributed by atoms with Gasteiger partial charge in [-0.1, -0.05) is 10.4 Å². The van der Waals surface area contributed by atoms with Crippen molar-refractivity contribution in [3.8, 4) is 11.3 Å². The Labute approximate surface area is 225 Å². The number of hydrogen-bond acceptors (Lipinski definition) is 9. The summed E-state index contributed by atoms with van der Waals surface area (Å²) in [5.41, 5.74) is 0.107. The number of halogens is 3. The van der Waals surface area contributed by atoms with E-state index in [2.05, 4.69) is 15.5 Å². The number of aliphatic hydroxyl groups excluding tert-OH is 2. The molecule has 0 saturated carbocycles. The number of carbonyl (C=O) groups is 1. The summed E-state index contributed by atoms with van der Waals surface area (Å²) in [7, 11) is 1.40. The zero-order valence-corrected chi connectivity index (χ0v) is 21.4. The van der Waals surface area contributed by atoms with Crippen LogP contribution in [0.1, 0.15) is 36.3 Å². The number of methoxy groups -OCH3 is 1. The van der Waals surface area contributed by atoms with Crippen LogP contribution < -0.4 is 0 Å². The highest BCUT2D eigenvalue weighted by Crippen LogP contribution is 2.35. The van der Waals surface area contributed by atoms with Crippen molar-refractivity contribution in [3.05, 3.63) is 53.3 Å². The molecular formula is C25H28F3N5O7. The molecule has 2 saturated heterocycles. The van der Waals surface area contributed by atoms with Crippen molar-refractivity contribution in [2.75, 3.05) is 26.8 Å². The van der Waals surface area contributed by atoms with E-state index in [-0.39, 0.29) is 23.6 Å². The van der Waals surface area contributed by atoms with Crippen LogP contribution >= 0.6 is 0 Å². The SMILES string of the molecule is CO[C@@H]1[C@@H](n2cc(-c3ccc(F)c(F)c3F)nn2)[C@@H](O)[C@@H](CO)O[C@@H]1Cc1cc(C2CCN(C(=O)O)CC2)on1. The molecule has 0 spiro atoms. The standard InChI is InChI=1S/C25H28F3N5O7/c1-38-24-18(9-13-8-17(40-30-13)12-4-6-32(7-5-12)25(36)37)39-19(11-34)23(35)22(24)33-10-16(29-31-33)14-2-3-15(26)21(28)20(14)27/h2-3,8,10,12,18-19,22-24,34-35H,4-7,9,11H2,1H3,(H,36,37)/t18-,19-,22+,23+,24+/m1/s1. The van der Waals surface area contributed by atoms with Gasteiger partial charge >= 0.3 is 6.09 Å². The molecule has 0 radical (unpaired) electrons. The Bertz CT molecular complexity index is 1350. The zero-order chi connectivity index (χ0) is 28.6. The largest absolute Gasteiger partial charge is 0.465 e. The molecule has 2 aromatic heterocycles. The lowest BCUT2D eigenvalue weighted by atomic mass is 9.90. The van der Waals surface area contributed by atoms with Crippen molar-refractivity contribution in [3.63, 3.8) is 0 Å². The first-order valence-corrected chi connectivity index (χ1v) is 12.7. The van der Waals surface area contributed by atoms with Crippen molar-refractivity contribution in [2.45, 2.75) is 55.6 Å². The number of carboxylic acid groups (broad SMARTS) is 1. The van der Waals surface area contributed by atoms with E-state index in [0.29, 0.717) is 37.4 Å². The predicted molar refractivity (Wildman–Crippen MR) is 129 cm³/mol. The Morgan fingerprint density at radius 1 is 1.18 bits per heavy atom. The normalized spacial score (nSPS) is 25.9. The fourth-order valence-electron chi connectivity index (χ4n) is 5.38. The van der Waals surface area contributed by atoms with E-state index in [1.165, 1.54) is 22.9 Å². The third-order valence-electron chi connectivity index (χ3n) is 7.52. The number of aromatic nitrogens is 4. The van der Waals surface area contributed by atoms with E-state index in [1.54, 1.807) is 6.07 Å². The minimum Gasteiger partial charge on any atom is -0.465 e.